The fraction of sp³-hybridized carbons (Fsp3) is 0.455. The normalized spacial score (nSPS) is 24.3. The number of aromatic nitrogens is 1. The molecule has 1 aromatic heterocycles. The van der Waals surface area contributed by atoms with E-state index in [9.17, 15) is 4.79 Å². The molecule has 1 aliphatic carbocycles. The second kappa shape index (κ2) is 7.09. The van der Waals surface area contributed by atoms with E-state index in [2.05, 4.69) is 9.88 Å². The van der Waals surface area contributed by atoms with Crippen molar-refractivity contribution in [3.8, 4) is 11.6 Å². The maximum absolute atomic E-state index is 13.6. The zero-order valence-electron chi connectivity index (χ0n) is 16.1. The second-order valence-corrected chi connectivity index (χ2v) is 7.95. The van der Waals surface area contributed by atoms with E-state index in [1.165, 1.54) is 12.8 Å². The molecule has 2 aromatic rings. The summed E-state index contributed by atoms with van der Waals surface area (Å²) in [6.07, 6.45) is 3.15. The summed E-state index contributed by atoms with van der Waals surface area (Å²) in [4.78, 5) is 22.3. The van der Waals surface area contributed by atoms with E-state index < -0.39 is 0 Å². The highest BCUT2D eigenvalue weighted by Gasteiger charge is 2.43. The Morgan fingerprint density at radius 2 is 2.04 bits per heavy atom. The average Bonchev–Trinajstić information content (AvgIpc) is 3.45. The van der Waals surface area contributed by atoms with Gasteiger partial charge in [0.2, 0.25) is 11.8 Å². The third kappa shape index (κ3) is 3.33. The van der Waals surface area contributed by atoms with Crippen molar-refractivity contribution in [2.45, 2.75) is 38.0 Å². The third-order valence-corrected chi connectivity index (χ3v) is 5.86. The highest BCUT2D eigenvalue weighted by atomic mass is 16.5. The first-order chi connectivity index (χ1) is 13.7. The van der Waals surface area contributed by atoms with Gasteiger partial charge in [0.25, 0.3) is 0 Å². The lowest BCUT2D eigenvalue weighted by molar-refractivity contribution is -0.123. The van der Waals surface area contributed by atoms with Crippen LogP contribution in [0.2, 0.25) is 0 Å². The molecule has 2 aliphatic heterocycles. The standard InChI is InChI=1S/C22H25N3O3/c1-27-21-8-4-5-16(23-21)13-24-14-17-11-19(24)22(26)25(12-15-9-10-15)18-6-2-3-7-20(18)28-17/h2-8,15,17,19H,9-14H2,1H3. The molecule has 1 amide bonds. The Bertz CT molecular complexity index is 883. The van der Waals surface area contributed by atoms with Crippen molar-refractivity contribution in [2.24, 2.45) is 5.92 Å². The van der Waals surface area contributed by atoms with Crippen LogP contribution >= 0.6 is 0 Å². The van der Waals surface area contributed by atoms with Crippen LogP contribution in [0, 0.1) is 5.92 Å². The topological polar surface area (TPSA) is 54.9 Å². The Labute approximate surface area is 165 Å². The van der Waals surface area contributed by atoms with Gasteiger partial charge < -0.3 is 14.4 Å². The summed E-state index contributed by atoms with van der Waals surface area (Å²) in [7, 11) is 1.62. The van der Waals surface area contributed by atoms with Crippen LogP contribution in [0.15, 0.2) is 42.5 Å². The summed E-state index contributed by atoms with van der Waals surface area (Å²) >= 11 is 0. The summed E-state index contributed by atoms with van der Waals surface area (Å²) in [5.41, 5.74) is 1.82. The Hall–Kier alpha value is -2.60. The number of para-hydroxylation sites is 2. The lowest BCUT2D eigenvalue weighted by Crippen LogP contribution is -2.46. The Morgan fingerprint density at radius 1 is 1.18 bits per heavy atom. The van der Waals surface area contributed by atoms with Crippen molar-refractivity contribution in [3.63, 3.8) is 0 Å². The predicted octanol–water partition coefficient (Wildman–Crippen LogP) is 2.87. The van der Waals surface area contributed by atoms with E-state index in [0.717, 1.165) is 36.6 Å². The van der Waals surface area contributed by atoms with E-state index in [4.69, 9.17) is 9.47 Å². The number of likely N-dealkylation sites (tertiary alicyclic amines) is 1. The van der Waals surface area contributed by atoms with Gasteiger partial charge >= 0.3 is 0 Å². The number of hydrogen-bond donors (Lipinski definition) is 0. The van der Waals surface area contributed by atoms with Gasteiger partial charge in [0.1, 0.15) is 11.9 Å². The molecule has 5 rings (SSSR count). The SMILES string of the molecule is COc1cccc(CN2CC3CC2C(=O)N(CC2CC2)c2ccccc2O3)n1. The fourth-order valence-corrected chi connectivity index (χ4v) is 4.25. The monoisotopic (exact) mass is 379 g/mol. The molecule has 6 nitrogen and oxygen atoms in total. The van der Waals surface area contributed by atoms with Crippen molar-refractivity contribution in [1.29, 1.82) is 0 Å². The maximum atomic E-state index is 13.6. The van der Waals surface area contributed by atoms with Crippen molar-refractivity contribution in [1.82, 2.24) is 9.88 Å². The van der Waals surface area contributed by atoms with Gasteiger partial charge in [-0.2, -0.15) is 0 Å². The van der Waals surface area contributed by atoms with Crippen molar-refractivity contribution in [2.75, 3.05) is 25.1 Å². The molecule has 146 valence electrons. The zero-order valence-corrected chi connectivity index (χ0v) is 16.1. The first-order valence-electron chi connectivity index (χ1n) is 10.0. The molecule has 0 radical (unpaired) electrons. The molecule has 2 fully saturated rings. The molecule has 0 N–H and O–H groups in total. The maximum Gasteiger partial charge on any atom is 0.244 e. The molecule has 28 heavy (non-hydrogen) atoms. The lowest BCUT2D eigenvalue weighted by Gasteiger charge is -2.31. The molecule has 1 aromatic carbocycles. The first kappa shape index (κ1) is 17.5. The number of hydrogen-bond acceptors (Lipinski definition) is 5. The highest BCUT2D eigenvalue weighted by molar-refractivity contribution is 5.99. The van der Waals surface area contributed by atoms with Gasteiger partial charge in [-0.3, -0.25) is 9.69 Å². The number of amides is 1. The molecule has 3 aliphatic rings. The fourth-order valence-electron chi connectivity index (χ4n) is 4.25. The van der Waals surface area contributed by atoms with Crippen molar-refractivity contribution >= 4 is 11.6 Å². The quantitative estimate of drug-likeness (QED) is 0.800. The van der Waals surface area contributed by atoms with E-state index in [1.54, 1.807) is 7.11 Å². The van der Waals surface area contributed by atoms with Gasteiger partial charge in [-0.15, -0.1) is 0 Å². The van der Waals surface area contributed by atoms with E-state index >= 15 is 0 Å². The summed E-state index contributed by atoms with van der Waals surface area (Å²) in [5.74, 6) is 2.22. The summed E-state index contributed by atoms with van der Waals surface area (Å²) in [5, 5.41) is 0. The number of carbonyl (C=O) groups excluding carboxylic acids is 1. The van der Waals surface area contributed by atoms with E-state index in [-0.39, 0.29) is 18.1 Å². The zero-order chi connectivity index (χ0) is 19.1. The molecule has 2 bridgehead atoms. The number of fused-ring (bicyclic) bond motifs is 3. The number of rotatable bonds is 5. The summed E-state index contributed by atoms with van der Waals surface area (Å²) in [6, 6.07) is 13.5. The van der Waals surface area contributed by atoms with Gasteiger partial charge in [0, 0.05) is 32.1 Å². The number of benzene rings is 1. The van der Waals surface area contributed by atoms with Crippen LogP contribution in [0.5, 0.6) is 11.6 Å². The highest BCUT2D eigenvalue weighted by Crippen LogP contribution is 2.39. The average molecular weight is 379 g/mol. The number of carbonyl (C=O) groups is 1. The molecule has 6 heteroatoms. The Balaban J connectivity index is 1.44. The number of anilines is 1. The molecular formula is C22H25N3O3. The minimum absolute atomic E-state index is 0.0174. The van der Waals surface area contributed by atoms with E-state index in [0.29, 0.717) is 18.3 Å². The molecule has 0 spiro atoms. The lowest BCUT2D eigenvalue weighted by atomic mass is 10.1. The number of ether oxygens (including phenoxy) is 2. The van der Waals surface area contributed by atoms with Crippen molar-refractivity contribution in [3.05, 3.63) is 48.2 Å². The van der Waals surface area contributed by atoms with Crippen LogP contribution in [-0.2, 0) is 11.3 Å². The number of pyridine rings is 1. The first-order valence-corrected chi connectivity index (χ1v) is 10.0. The molecule has 3 heterocycles. The molecule has 2 unspecified atom stereocenters. The van der Waals surface area contributed by atoms with Crippen molar-refractivity contribution < 1.29 is 14.3 Å². The minimum Gasteiger partial charge on any atom is -0.487 e. The van der Waals surface area contributed by atoms with Gasteiger partial charge in [0.05, 0.1) is 24.5 Å². The van der Waals surface area contributed by atoms with Crippen LogP contribution in [0.4, 0.5) is 5.69 Å². The molecule has 1 saturated carbocycles. The van der Waals surface area contributed by atoms with Gasteiger partial charge in [-0.05, 0) is 37.0 Å². The predicted molar refractivity (Wildman–Crippen MR) is 106 cm³/mol. The minimum atomic E-state index is -0.176. The number of nitrogens with zero attached hydrogens (tertiary/aromatic N) is 3. The third-order valence-electron chi connectivity index (χ3n) is 5.86. The molecule has 2 atom stereocenters. The van der Waals surface area contributed by atoms with Crippen LogP contribution in [0.25, 0.3) is 0 Å². The molecular weight excluding hydrogens is 354 g/mol. The van der Waals surface area contributed by atoms with Gasteiger partial charge in [0.15, 0.2) is 0 Å². The summed E-state index contributed by atoms with van der Waals surface area (Å²) in [6.45, 7) is 2.12. The second-order valence-electron chi connectivity index (χ2n) is 7.95. The number of methoxy groups -OCH3 is 1. The van der Waals surface area contributed by atoms with Gasteiger partial charge in [-0.1, -0.05) is 18.2 Å². The van der Waals surface area contributed by atoms with Crippen LogP contribution < -0.4 is 14.4 Å². The molecule has 1 saturated heterocycles. The largest absolute Gasteiger partial charge is 0.487 e. The smallest absolute Gasteiger partial charge is 0.244 e. The van der Waals surface area contributed by atoms with Crippen LogP contribution in [0.1, 0.15) is 25.0 Å². The Kier molecular flexibility index (Phi) is 4.43. The van der Waals surface area contributed by atoms with E-state index in [1.807, 2.05) is 47.4 Å². The van der Waals surface area contributed by atoms with Crippen LogP contribution in [-0.4, -0.2) is 48.1 Å². The van der Waals surface area contributed by atoms with Crippen LogP contribution in [0.3, 0.4) is 0 Å². The Morgan fingerprint density at radius 3 is 2.86 bits per heavy atom. The van der Waals surface area contributed by atoms with Gasteiger partial charge in [-0.25, -0.2) is 4.98 Å². The summed E-state index contributed by atoms with van der Waals surface area (Å²) < 4.78 is 11.6.